The number of hydrogen-bond donors (Lipinski definition) is 1. The van der Waals surface area contributed by atoms with Crippen molar-refractivity contribution in [3.05, 3.63) is 57.4 Å². The Labute approximate surface area is 167 Å². The van der Waals surface area contributed by atoms with Gasteiger partial charge < -0.3 is 19.0 Å². The summed E-state index contributed by atoms with van der Waals surface area (Å²) in [6, 6.07) is 3.24. The Morgan fingerprint density at radius 2 is 2.14 bits per heavy atom. The minimum Gasteiger partial charge on any atom is -0.479 e. The lowest BCUT2D eigenvalue weighted by Crippen LogP contribution is -2.37. The van der Waals surface area contributed by atoms with E-state index in [1.54, 1.807) is 38.5 Å². The molecule has 1 amide bonds. The van der Waals surface area contributed by atoms with Crippen LogP contribution < -0.4 is 15.7 Å². The number of imidazole rings is 1. The van der Waals surface area contributed by atoms with Crippen LogP contribution in [0.1, 0.15) is 24.5 Å². The highest BCUT2D eigenvalue weighted by molar-refractivity contribution is 6.32. The summed E-state index contributed by atoms with van der Waals surface area (Å²) in [6.07, 6.45) is 5.34. The van der Waals surface area contributed by atoms with E-state index in [0.717, 1.165) is 23.9 Å². The third-order valence-corrected chi connectivity index (χ3v) is 4.93. The Morgan fingerprint density at radius 1 is 1.36 bits per heavy atom. The summed E-state index contributed by atoms with van der Waals surface area (Å²) in [5.74, 6) is 0.0463. The van der Waals surface area contributed by atoms with Crippen molar-refractivity contribution in [2.24, 2.45) is 0 Å². The summed E-state index contributed by atoms with van der Waals surface area (Å²) in [7, 11) is 0. The molecule has 3 aromatic rings. The maximum Gasteiger partial charge on any atom is 0.339 e. The lowest BCUT2D eigenvalue weighted by atomic mass is 10.1. The number of amides is 1. The van der Waals surface area contributed by atoms with Crippen molar-refractivity contribution in [2.75, 3.05) is 6.54 Å². The minimum absolute atomic E-state index is 0.247. The van der Waals surface area contributed by atoms with E-state index in [-0.39, 0.29) is 5.91 Å². The van der Waals surface area contributed by atoms with Crippen molar-refractivity contribution in [2.45, 2.75) is 39.8 Å². The number of fused-ring (bicyclic) bond motifs is 1. The number of ether oxygens (including phenoxy) is 1. The monoisotopic (exact) mass is 403 g/mol. The van der Waals surface area contributed by atoms with Crippen molar-refractivity contribution in [1.82, 2.24) is 14.9 Å². The number of hydrogen-bond acceptors (Lipinski definition) is 5. The van der Waals surface area contributed by atoms with Crippen LogP contribution in [0.15, 0.2) is 40.1 Å². The first-order chi connectivity index (χ1) is 13.4. The van der Waals surface area contributed by atoms with Gasteiger partial charge in [0.1, 0.15) is 11.3 Å². The normalized spacial score (nSPS) is 12.1. The number of carbonyl (C=O) groups excluding carboxylic acids is 1. The van der Waals surface area contributed by atoms with Gasteiger partial charge in [-0.1, -0.05) is 11.6 Å². The average Bonchev–Trinajstić information content (AvgIpc) is 3.18. The zero-order valence-electron chi connectivity index (χ0n) is 16.0. The van der Waals surface area contributed by atoms with Gasteiger partial charge in [-0.25, -0.2) is 9.78 Å². The Morgan fingerprint density at radius 3 is 2.86 bits per heavy atom. The Balaban J connectivity index is 1.64. The lowest BCUT2D eigenvalue weighted by Gasteiger charge is -2.16. The van der Waals surface area contributed by atoms with Crippen molar-refractivity contribution in [1.29, 1.82) is 0 Å². The zero-order chi connectivity index (χ0) is 20.3. The van der Waals surface area contributed by atoms with Gasteiger partial charge in [-0.15, -0.1) is 0 Å². The molecule has 0 aliphatic heterocycles. The third kappa shape index (κ3) is 4.36. The number of rotatable bonds is 7. The first-order valence-electron chi connectivity index (χ1n) is 9.00. The predicted molar refractivity (Wildman–Crippen MR) is 107 cm³/mol. The fourth-order valence-electron chi connectivity index (χ4n) is 2.81. The topological polar surface area (TPSA) is 86.4 Å². The summed E-state index contributed by atoms with van der Waals surface area (Å²) in [5.41, 5.74) is 1.33. The van der Waals surface area contributed by atoms with Crippen molar-refractivity contribution >= 4 is 28.5 Å². The molecule has 1 unspecified atom stereocenters. The fourth-order valence-corrected chi connectivity index (χ4v) is 3.02. The SMILES string of the molecule is Cc1c(C)c2cc(Cl)c(OC(C)C(=O)NCCCn3ccnc3)cc2oc1=O. The Kier molecular flexibility index (Phi) is 6.04. The molecule has 0 fully saturated rings. The van der Waals surface area contributed by atoms with E-state index in [2.05, 4.69) is 10.3 Å². The second kappa shape index (κ2) is 8.48. The maximum absolute atomic E-state index is 12.3. The fraction of sp³-hybridized carbons (Fsp3) is 0.350. The van der Waals surface area contributed by atoms with Crippen LogP contribution >= 0.6 is 11.6 Å². The van der Waals surface area contributed by atoms with E-state index in [1.165, 1.54) is 0 Å². The summed E-state index contributed by atoms with van der Waals surface area (Å²) in [5, 5.41) is 3.93. The summed E-state index contributed by atoms with van der Waals surface area (Å²) in [4.78, 5) is 28.1. The molecular weight excluding hydrogens is 382 g/mol. The summed E-state index contributed by atoms with van der Waals surface area (Å²) >= 11 is 6.31. The van der Waals surface area contributed by atoms with Gasteiger partial charge in [0, 0.05) is 42.5 Å². The van der Waals surface area contributed by atoms with Gasteiger partial charge >= 0.3 is 5.63 Å². The molecule has 0 saturated heterocycles. The van der Waals surface area contributed by atoms with Crippen LogP contribution in [0.5, 0.6) is 5.75 Å². The van der Waals surface area contributed by atoms with Gasteiger partial charge in [-0.3, -0.25) is 4.79 Å². The van der Waals surface area contributed by atoms with E-state index in [4.69, 9.17) is 20.8 Å². The minimum atomic E-state index is -0.749. The molecule has 0 aliphatic carbocycles. The van der Waals surface area contributed by atoms with Crippen LogP contribution in [0.4, 0.5) is 0 Å². The second-order valence-electron chi connectivity index (χ2n) is 6.62. The van der Waals surface area contributed by atoms with Crippen molar-refractivity contribution in [3.63, 3.8) is 0 Å². The molecule has 8 heteroatoms. The molecular formula is C20H22ClN3O4. The molecule has 1 atom stereocenters. The average molecular weight is 404 g/mol. The largest absolute Gasteiger partial charge is 0.479 e. The molecule has 148 valence electrons. The number of nitrogens with zero attached hydrogens (tertiary/aromatic N) is 2. The molecule has 28 heavy (non-hydrogen) atoms. The van der Waals surface area contributed by atoms with E-state index >= 15 is 0 Å². The highest BCUT2D eigenvalue weighted by Crippen LogP contribution is 2.32. The van der Waals surface area contributed by atoms with Crippen LogP contribution in [0.2, 0.25) is 5.02 Å². The quantitative estimate of drug-likeness (QED) is 0.483. The molecule has 7 nitrogen and oxygen atoms in total. The van der Waals surface area contributed by atoms with Gasteiger partial charge in [0.15, 0.2) is 6.10 Å². The highest BCUT2D eigenvalue weighted by atomic mass is 35.5. The number of benzene rings is 1. The number of halogens is 1. The van der Waals surface area contributed by atoms with Crippen LogP contribution in [-0.4, -0.2) is 28.1 Å². The molecule has 2 aromatic heterocycles. The van der Waals surface area contributed by atoms with E-state index in [9.17, 15) is 9.59 Å². The molecule has 1 aromatic carbocycles. The third-order valence-electron chi connectivity index (χ3n) is 4.63. The van der Waals surface area contributed by atoms with Crippen molar-refractivity contribution < 1.29 is 13.9 Å². The van der Waals surface area contributed by atoms with Gasteiger partial charge in [0.05, 0.1) is 11.3 Å². The van der Waals surface area contributed by atoms with Gasteiger partial charge in [0.25, 0.3) is 5.91 Å². The van der Waals surface area contributed by atoms with Crippen LogP contribution in [0.3, 0.4) is 0 Å². The smallest absolute Gasteiger partial charge is 0.339 e. The molecule has 1 N–H and O–H groups in total. The number of aryl methyl sites for hydroxylation is 2. The molecule has 0 spiro atoms. The van der Waals surface area contributed by atoms with E-state index < -0.39 is 11.7 Å². The number of aromatic nitrogens is 2. The molecule has 0 bridgehead atoms. The van der Waals surface area contributed by atoms with Gasteiger partial charge in [-0.2, -0.15) is 0 Å². The maximum atomic E-state index is 12.3. The molecule has 0 radical (unpaired) electrons. The molecule has 0 saturated carbocycles. The lowest BCUT2D eigenvalue weighted by molar-refractivity contribution is -0.127. The van der Waals surface area contributed by atoms with E-state index in [0.29, 0.717) is 28.5 Å². The van der Waals surface area contributed by atoms with Gasteiger partial charge in [0.2, 0.25) is 0 Å². The van der Waals surface area contributed by atoms with Crippen LogP contribution in [0, 0.1) is 13.8 Å². The van der Waals surface area contributed by atoms with Crippen molar-refractivity contribution in [3.8, 4) is 5.75 Å². The Bertz CT molecular complexity index is 1040. The second-order valence-corrected chi connectivity index (χ2v) is 7.03. The van der Waals surface area contributed by atoms with Crippen LogP contribution in [0.25, 0.3) is 11.0 Å². The summed E-state index contributed by atoms with van der Waals surface area (Å²) < 4.78 is 13.0. The predicted octanol–water partition coefficient (Wildman–Crippen LogP) is 3.23. The van der Waals surface area contributed by atoms with Crippen LogP contribution in [-0.2, 0) is 11.3 Å². The molecule has 3 rings (SSSR count). The highest BCUT2D eigenvalue weighted by Gasteiger charge is 2.18. The zero-order valence-corrected chi connectivity index (χ0v) is 16.7. The van der Waals surface area contributed by atoms with Gasteiger partial charge in [-0.05, 0) is 38.8 Å². The molecule has 2 heterocycles. The Hall–Kier alpha value is -2.80. The molecule has 0 aliphatic rings. The first-order valence-corrected chi connectivity index (χ1v) is 9.38. The summed E-state index contributed by atoms with van der Waals surface area (Å²) in [6.45, 7) is 6.47. The van der Waals surface area contributed by atoms with E-state index in [1.807, 2.05) is 17.7 Å². The standard InChI is InChI=1S/C20H22ClN3O4/c1-12-13(2)20(26)28-17-10-18(16(21)9-15(12)17)27-14(3)19(25)23-5-4-7-24-8-6-22-11-24/h6,8-11,14H,4-5,7H2,1-3H3,(H,23,25). The first kappa shape index (κ1) is 19.9. The number of carbonyl (C=O) groups is 1. The number of nitrogens with one attached hydrogen (secondary N) is 1.